The van der Waals surface area contributed by atoms with Crippen molar-refractivity contribution in [3.63, 3.8) is 0 Å². The lowest BCUT2D eigenvalue weighted by atomic mass is 9.74. The number of oxime groups is 1. The first-order valence-corrected chi connectivity index (χ1v) is 7.99. The number of rotatable bonds is 2. The summed E-state index contributed by atoms with van der Waals surface area (Å²) in [6, 6.07) is 5.90. The Labute approximate surface area is 124 Å². The van der Waals surface area contributed by atoms with Crippen molar-refractivity contribution in [3.8, 4) is 11.5 Å². The molecule has 112 valence electrons. The number of ether oxygens (including phenoxy) is 2. The molecule has 21 heavy (non-hydrogen) atoms. The Morgan fingerprint density at radius 1 is 1.19 bits per heavy atom. The van der Waals surface area contributed by atoms with Crippen LogP contribution in [0, 0.1) is 0 Å². The molecule has 1 N–H and O–H groups in total. The molecule has 1 spiro atoms. The molecular formula is C17H21NO3. The van der Waals surface area contributed by atoms with Gasteiger partial charge in [-0.2, -0.15) is 0 Å². The summed E-state index contributed by atoms with van der Waals surface area (Å²) in [6.07, 6.45) is 9.10. The molecule has 4 rings (SSSR count). The van der Waals surface area contributed by atoms with Crippen molar-refractivity contribution in [1.82, 2.24) is 0 Å². The summed E-state index contributed by atoms with van der Waals surface area (Å²) in [5.41, 5.74) is 1.49. The summed E-state index contributed by atoms with van der Waals surface area (Å²) in [5.74, 6) is 1.68. The van der Waals surface area contributed by atoms with Gasteiger partial charge in [0.2, 0.25) is 0 Å². The van der Waals surface area contributed by atoms with Gasteiger partial charge >= 0.3 is 0 Å². The van der Waals surface area contributed by atoms with Crippen LogP contribution in [0.25, 0.3) is 0 Å². The van der Waals surface area contributed by atoms with Crippen LogP contribution in [0.3, 0.4) is 0 Å². The standard InChI is InChI=1S/C17H21NO3/c19-18-15-11-17(8-3-9-17)21-16-7-6-13(10-14(15)16)20-12-4-1-2-5-12/h6-7,10,12,19H,1-5,8-9,11H2. The summed E-state index contributed by atoms with van der Waals surface area (Å²) in [6.45, 7) is 0. The van der Waals surface area contributed by atoms with E-state index in [1.54, 1.807) is 0 Å². The molecule has 0 bridgehead atoms. The van der Waals surface area contributed by atoms with Gasteiger partial charge in [0.05, 0.1) is 11.8 Å². The summed E-state index contributed by atoms with van der Waals surface area (Å²) >= 11 is 0. The first-order chi connectivity index (χ1) is 10.3. The van der Waals surface area contributed by atoms with Gasteiger partial charge in [-0.15, -0.1) is 0 Å². The third kappa shape index (κ3) is 2.27. The Bertz CT molecular complexity index is 571. The predicted octanol–water partition coefficient (Wildman–Crippen LogP) is 3.89. The molecule has 0 amide bonds. The zero-order chi connectivity index (χ0) is 14.3. The summed E-state index contributed by atoms with van der Waals surface area (Å²) in [4.78, 5) is 0. The Morgan fingerprint density at radius 3 is 2.67 bits per heavy atom. The van der Waals surface area contributed by atoms with Gasteiger partial charge in [0.1, 0.15) is 17.1 Å². The van der Waals surface area contributed by atoms with E-state index < -0.39 is 0 Å². The normalized spacial score (nSPS) is 25.4. The van der Waals surface area contributed by atoms with E-state index in [1.807, 2.05) is 18.2 Å². The molecule has 4 heteroatoms. The first kappa shape index (κ1) is 13.0. The maximum absolute atomic E-state index is 9.36. The molecule has 2 aliphatic carbocycles. The van der Waals surface area contributed by atoms with Crippen LogP contribution in [0.1, 0.15) is 56.9 Å². The van der Waals surface area contributed by atoms with Gasteiger partial charge in [0, 0.05) is 12.0 Å². The average Bonchev–Trinajstić information content (AvgIpc) is 2.97. The minimum Gasteiger partial charge on any atom is -0.490 e. The van der Waals surface area contributed by atoms with E-state index in [0.29, 0.717) is 12.5 Å². The monoisotopic (exact) mass is 287 g/mol. The van der Waals surface area contributed by atoms with Gasteiger partial charge in [-0.05, 0) is 63.1 Å². The molecule has 4 nitrogen and oxygen atoms in total. The molecule has 0 aromatic heterocycles. The second kappa shape index (κ2) is 4.93. The molecule has 0 atom stereocenters. The molecule has 1 aromatic carbocycles. The predicted molar refractivity (Wildman–Crippen MR) is 79.5 cm³/mol. The van der Waals surface area contributed by atoms with Gasteiger partial charge in [-0.1, -0.05) is 5.16 Å². The van der Waals surface area contributed by atoms with Gasteiger partial charge in [0.25, 0.3) is 0 Å². The highest BCUT2D eigenvalue weighted by Gasteiger charge is 2.44. The van der Waals surface area contributed by atoms with Crippen LogP contribution in [0.15, 0.2) is 23.4 Å². The molecule has 0 saturated heterocycles. The van der Waals surface area contributed by atoms with Crippen LogP contribution in [0.2, 0.25) is 0 Å². The van der Waals surface area contributed by atoms with Crippen molar-refractivity contribution in [2.45, 2.75) is 63.1 Å². The molecular weight excluding hydrogens is 266 g/mol. The van der Waals surface area contributed by atoms with Crippen molar-refractivity contribution >= 4 is 5.71 Å². The van der Waals surface area contributed by atoms with Crippen LogP contribution < -0.4 is 9.47 Å². The highest BCUT2D eigenvalue weighted by molar-refractivity contribution is 6.04. The second-order valence-corrected chi connectivity index (χ2v) is 6.54. The highest BCUT2D eigenvalue weighted by atomic mass is 16.5. The Kier molecular flexibility index (Phi) is 3.05. The van der Waals surface area contributed by atoms with E-state index in [2.05, 4.69) is 5.16 Å². The molecule has 2 saturated carbocycles. The molecule has 1 aliphatic heterocycles. The molecule has 0 radical (unpaired) electrons. The Hall–Kier alpha value is -1.71. The second-order valence-electron chi connectivity index (χ2n) is 6.54. The fourth-order valence-electron chi connectivity index (χ4n) is 3.70. The fraction of sp³-hybridized carbons (Fsp3) is 0.588. The van der Waals surface area contributed by atoms with E-state index in [9.17, 15) is 5.21 Å². The number of hydrogen-bond donors (Lipinski definition) is 1. The van der Waals surface area contributed by atoms with Crippen molar-refractivity contribution in [2.75, 3.05) is 0 Å². The van der Waals surface area contributed by atoms with Gasteiger partial charge in [0.15, 0.2) is 0 Å². The third-order valence-corrected chi connectivity index (χ3v) is 5.07. The van der Waals surface area contributed by atoms with E-state index in [1.165, 1.54) is 19.3 Å². The summed E-state index contributed by atoms with van der Waals surface area (Å²) in [5, 5.41) is 12.9. The maximum atomic E-state index is 9.36. The zero-order valence-electron chi connectivity index (χ0n) is 12.2. The quantitative estimate of drug-likeness (QED) is 0.663. The minimum absolute atomic E-state index is 0.123. The van der Waals surface area contributed by atoms with Crippen LogP contribution in [0.4, 0.5) is 0 Å². The first-order valence-electron chi connectivity index (χ1n) is 7.99. The minimum atomic E-state index is -0.123. The van der Waals surface area contributed by atoms with E-state index in [0.717, 1.165) is 48.5 Å². The Morgan fingerprint density at radius 2 is 2.00 bits per heavy atom. The fourth-order valence-corrected chi connectivity index (χ4v) is 3.70. The van der Waals surface area contributed by atoms with E-state index in [-0.39, 0.29) is 5.60 Å². The highest BCUT2D eigenvalue weighted by Crippen LogP contribution is 2.45. The molecule has 0 unspecified atom stereocenters. The third-order valence-electron chi connectivity index (χ3n) is 5.07. The van der Waals surface area contributed by atoms with Crippen molar-refractivity contribution in [1.29, 1.82) is 0 Å². The molecule has 3 aliphatic rings. The largest absolute Gasteiger partial charge is 0.490 e. The van der Waals surface area contributed by atoms with E-state index >= 15 is 0 Å². The number of hydrogen-bond acceptors (Lipinski definition) is 4. The topological polar surface area (TPSA) is 51.1 Å². The van der Waals surface area contributed by atoms with Crippen LogP contribution >= 0.6 is 0 Å². The SMILES string of the molecule is ON=C1CC2(CCC2)Oc2ccc(OC3CCCC3)cc21. The molecule has 1 aromatic rings. The smallest absolute Gasteiger partial charge is 0.129 e. The van der Waals surface area contributed by atoms with Crippen LogP contribution in [-0.4, -0.2) is 22.6 Å². The lowest BCUT2D eigenvalue weighted by molar-refractivity contribution is -0.00554. The number of fused-ring (bicyclic) bond motifs is 1. The van der Waals surface area contributed by atoms with Crippen molar-refractivity contribution in [3.05, 3.63) is 23.8 Å². The van der Waals surface area contributed by atoms with Crippen LogP contribution in [-0.2, 0) is 0 Å². The van der Waals surface area contributed by atoms with Crippen molar-refractivity contribution in [2.24, 2.45) is 5.16 Å². The number of nitrogens with zero attached hydrogens (tertiary/aromatic N) is 1. The Balaban J connectivity index is 1.61. The average molecular weight is 287 g/mol. The zero-order valence-corrected chi connectivity index (χ0v) is 12.2. The molecule has 2 fully saturated rings. The lowest BCUT2D eigenvalue weighted by Gasteiger charge is -2.45. The van der Waals surface area contributed by atoms with E-state index in [4.69, 9.17) is 9.47 Å². The van der Waals surface area contributed by atoms with Gasteiger partial charge in [-0.25, -0.2) is 0 Å². The lowest BCUT2D eigenvalue weighted by Crippen LogP contribution is -2.47. The molecule has 1 heterocycles. The van der Waals surface area contributed by atoms with Crippen molar-refractivity contribution < 1.29 is 14.7 Å². The van der Waals surface area contributed by atoms with Gasteiger partial charge in [-0.3, -0.25) is 0 Å². The van der Waals surface area contributed by atoms with Gasteiger partial charge < -0.3 is 14.7 Å². The number of benzene rings is 1. The summed E-state index contributed by atoms with van der Waals surface area (Å²) in [7, 11) is 0. The maximum Gasteiger partial charge on any atom is 0.129 e. The summed E-state index contributed by atoms with van der Waals surface area (Å²) < 4.78 is 12.2. The van der Waals surface area contributed by atoms with Crippen LogP contribution in [0.5, 0.6) is 11.5 Å².